The molecule has 1 aliphatic heterocycles. The molecule has 3 heterocycles. The van der Waals surface area contributed by atoms with Gasteiger partial charge in [-0.1, -0.05) is 35.9 Å². The lowest BCUT2D eigenvalue weighted by atomic mass is 9.89. The first-order chi connectivity index (χ1) is 17.6. The predicted octanol–water partition coefficient (Wildman–Crippen LogP) is 4.70. The molecule has 2 aromatic carbocycles. The number of nitrogens with two attached hydrogens (primary N) is 1. The van der Waals surface area contributed by atoms with Crippen molar-refractivity contribution in [3.05, 3.63) is 87.8 Å². The van der Waals surface area contributed by atoms with E-state index in [1.807, 2.05) is 27.3 Å². The molecule has 0 bridgehead atoms. The van der Waals surface area contributed by atoms with Crippen LogP contribution in [0.2, 0.25) is 0 Å². The molecular weight excluding hydrogens is 448 g/mol. The number of ether oxygens (including phenoxy) is 1. The van der Waals surface area contributed by atoms with E-state index >= 15 is 0 Å². The Balaban J connectivity index is 1.26. The summed E-state index contributed by atoms with van der Waals surface area (Å²) in [6.07, 6.45) is 6.19. The quantitative estimate of drug-likeness (QED) is 0.330. The van der Waals surface area contributed by atoms with E-state index in [4.69, 9.17) is 10.5 Å². The van der Waals surface area contributed by atoms with Crippen molar-refractivity contribution in [1.29, 1.82) is 0 Å². The van der Waals surface area contributed by atoms with Gasteiger partial charge in [-0.2, -0.15) is 0 Å². The number of aromatic nitrogens is 2. The van der Waals surface area contributed by atoms with E-state index in [1.165, 1.54) is 24.0 Å². The van der Waals surface area contributed by atoms with Gasteiger partial charge in [-0.3, -0.25) is 4.79 Å². The monoisotopic (exact) mass is 486 g/mol. The smallest absolute Gasteiger partial charge is 0.275 e. The minimum absolute atomic E-state index is 0.0757. The number of hydrogen-bond donors (Lipinski definition) is 1. The highest BCUT2D eigenvalue weighted by molar-refractivity contribution is 5.79. The van der Waals surface area contributed by atoms with Gasteiger partial charge in [0.1, 0.15) is 5.52 Å². The van der Waals surface area contributed by atoms with E-state index in [1.54, 1.807) is 0 Å². The van der Waals surface area contributed by atoms with Gasteiger partial charge in [-0.15, -0.1) is 0 Å². The minimum atomic E-state index is 0.0757. The molecule has 0 atom stereocenters. The van der Waals surface area contributed by atoms with Crippen molar-refractivity contribution in [2.24, 2.45) is 5.73 Å². The Bertz CT molecular complexity index is 1350. The summed E-state index contributed by atoms with van der Waals surface area (Å²) in [5.74, 6) is 0.663. The molecule has 0 saturated carbocycles. The molecule has 2 N–H and O–H groups in total. The van der Waals surface area contributed by atoms with Crippen LogP contribution in [0.5, 0.6) is 0 Å². The Kier molecular flexibility index (Phi) is 7.85. The minimum Gasteiger partial charge on any atom is -0.377 e. The van der Waals surface area contributed by atoms with Crippen LogP contribution >= 0.6 is 0 Å². The van der Waals surface area contributed by atoms with Crippen molar-refractivity contribution >= 4 is 16.6 Å². The Labute approximate surface area is 213 Å². The number of piperidine rings is 1. The summed E-state index contributed by atoms with van der Waals surface area (Å²) < 4.78 is 9.75. The molecule has 190 valence electrons. The number of fused-ring (bicyclic) bond motifs is 3. The van der Waals surface area contributed by atoms with Gasteiger partial charge in [0.2, 0.25) is 0 Å². The molecule has 0 unspecified atom stereocenters. The maximum absolute atomic E-state index is 13.4. The fourth-order valence-corrected chi connectivity index (χ4v) is 5.47. The number of likely N-dealkylation sites (tertiary alicyclic amines) is 1. The summed E-state index contributed by atoms with van der Waals surface area (Å²) in [4.78, 5) is 16.0. The second-order valence-corrected chi connectivity index (χ2v) is 10.1. The van der Waals surface area contributed by atoms with E-state index in [-0.39, 0.29) is 5.56 Å². The molecule has 5 rings (SSSR count). The van der Waals surface area contributed by atoms with Gasteiger partial charge in [0, 0.05) is 19.3 Å². The van der Waals surface area contributed by atoms with Crippen LogP contribution < -0.4 is 11.3 Å². The molecular formula is C30H38N4O2. The Morgan fingerprint density at radius 1 is 0.944 bits per heavy atom. The molecule has 36 heavy (non-hydrogen) atoms. The Hall–Kier alpha value is -2.93. The summed E-state index contributed by atoms with van der Waals surface area (Å²) in [7, 11) is 0. The first kappa shape index (κ1) is 24.8. The Morgan fingerprint density at radius 3 is 2.53 bits per heavy atom. The van der Waals surface area contributed by atoms with Crippen molar-refractivity contribution in [1.82, 2.24) is 13.9 Å². The lowest BCUT2D eigenvalue weighted by Gasteiger charge is -2.32. The zero-order chi connectivity index (χ0) is 24.9. The zero-order valence-electron chi connectivity index (χ0n) is 21.4. The molecule has 1 fully saturated rings. The van der Waals surface area contributed by atoms with Crippen molar-refractivity contribution in [3.8, 4) is 0 Å². The predicted molar refractivity (Wildman–Crippen MR) is 147 cm³/mol. The standard InChI is InChI=1S/C30H38N4O2/c1-23-6-9-25(10-7-23)26-12-18-32(19-13-26)15-4-17-34-29-21-24(22-36-20-3-14-31)8-11-27(29)33-16-2-5-28(33)30(34)35/h2,5-11,16,21,26H,3-4,12-15,17-20,22,31H2,1H3. The average Bonchev–Trinajstić information content (AvgIpc) is 3.40. The lowest BCUT2D eigenvalue weighted by Crippen LogP contribution is -2.34. The molecule has 6 nitrogen and oxygen atoms in total. The van der Waals surface area contributed by atoms with Crippen LogP contribution in [0, 0.1) is 6.92 Å². The highest BCUT2D eigenvalue weighted by Gasteiger charge is 2.20. The second kappa shape index (κ2) is 11.4. The largest absolute Gasteiger partial charge is 0.377 e. The van der Waals surface area contributed by atoms with Crippen LogP contribution in [0.3, 0.4) is 0 Å². The van der Waals surface area contributed by atoms with Gasteiger partial charge in [-0.25, -0.2) is 0 Å². The fraction of sp³-hybridized carbons (Fsp3) is 0.433. The summed E-state index contributed by atoms with van der Waals surface area (Å²) >= 11 is 0. The second-order valence-electron chi connectivity index (χ2n) is 10.1. The van der Waals surface area contributed by atoms with Gasteiger partial charge < -0.3 is 24.3 Å². The highest BCUT2D eigenvalue weighted by atomic mass is 16.5. The van der Waals surface area contributed by atoms with E-state index in [0.29, 0.717) is 32.2 Å². The van der Waals surface area contributed by atoms with Crippen molar-refractivity contribution in [3.63, 3.8) is 0 Å². The van der Waals surface area contributed by atoms with E-state index < -0.39 is 0 Å². The summed E-state index contributed by atoms with van der Waals surface area (Å²) in [5.41, 5.74) is 12.3. The van der Waals surface area contributed by atoms with Crippen LogP contribution in [0.25, 0.3) is 16.6 Å². The first-order valence-corrected chi connectivity index (χ1v) is 13.3. The number of hydrogen-bond acceptors (Lipinski definition) is 4. The molecule has 2 aromatic heterocycles. The van der Waals surface area contributed by atoms with Crippen LogP contribution in [0.4, 0.5) is 0 Å². The summed E-state index contributed by atoms with van der Waals surface area (Å²) in [6, 6.07) is 19.2. The van der Waals surface area contributed by atoms with Crippen LogP contribution in [-0.4, -0.2) is 46.7 Å². The van der Waals surface area contributed by atoms with Gasteiger partial charge in [-0.05, 0) is 100 Å². The maximum atomic E-state index is 13.4. The van der Waals surface area contributed by atoms with Crippen LogP contribution in [0.15, 0.2) is 65.6 Å². The normalized spacial score (nSPS) is 15.3. The molecule has 6 heteroatoms. The summed E-state index contributed by atoms with van der Waals surface area (Å²) in [5, 5.41) is 0. The van der Waals surface area contributed by atoms with Crippen molar-refractivity contribution in [2.45, 2.75) is 51.7 Å². The van der Waals surface area contributed by atoms with Gasteiger partial charge >= 0.3 is 0 Å². The lowest BCUT2D eigenvalue weighted by molar-refractivity contribution is 0.120. The first-order valence-electron chi connectivity index (χ1n) is 13.3. The molecule has 1 aliphatic rings. The SMILES string of the molecule is Cc1ccc(C2CCN(CCCn3c(=O)c4cccn4c4ccc(COCCCN)cc43)CC2)cc1. The third-order valence-corrected chi connectivity index (χ3v) is 7.56. The average molecular weight is 487 g/mol. The molecule has 0 aliphatic carbocycles. The van der Waals surface area contributed by atoms with Gasteiger partial charge in [0.25, 0.3) is 5.56 Å². The van der Waals surface area contributed by atoms with Crippen molar-refractivity contribution < 1.29 is 4.74 Å². The fourth-order valence-electron chi connectivity index (χ4n) is 5.47. The topological polar surface area (TPSA) is 64.9 Å². The van der Waals surface area contributed by atoms with E-state index in [0.717, 1.165) is 54.6 Å². The Morgan fingerprint density at radius 2 is 1.75 bits per heavy atom. The number of benzene rings is 2. The molecule has 0 spiro atoms. The third-order valence-electron chi connectivity index (χ3n) is 7.56. The van der Waals surface area contributed by atoms with Gasteiger partial charge in [0.05, 0.1) is 17.6 Å². The number of rotatable bonds is 10. The number of nitrogens with zero attached hydrogens (tertiary/aromatic N) is 3. The third kappa shape index (κ3) is 5.41. The van der Waals surface area contributed by atoms with Crippen LogP contribution in [0.1, 0.15) is 48.3 Å². The van der Waals surface area contributed by atoms with Crippen molar-refractivity contribution in [2.75, 3.05) is 32.8 Å². The molecule has 1 saturated heterocycles. The molecule has 0 amide bonds. The molecule has 0 radical (unpaired) electrons. The summed E-state index contributed by atoms with van der Waals surface area (Å²) in [6.45, 7) is 7.93. The number of aryl methyl sites for hydroxylation is 2. The van der Waals surface area contributed by atoms with E-state index in [2.05, 4.69) is 54.3 Å². The zero-order valence-corrected chi connectivity index (χ0v) is 21.4. The van der Waals surface area contributed by atoms with E-state index in [9.17, 15) is 4.79 Å². The van der Waals surface area contributed by atoms with Gasteiger partial charge in [0.15, 0.2) is 0 Å². The van der Waals surface area contributed by atoms with Crippen LogP contribution in [-0.2, 0) is 17.9 Å². The highest BCUT2D eigenvalue weighted by Crippen LogP contribution is 2.28. The molecule has 4 aromatic rings. The maximum Gasteiger partial charge on any atom is 0.275 e.